The summed E-state index contributed by atoms with van der Waals surface area (Å²) in [6.07, 6.45) is -0.678. The summed E-state index contributed by atoms with van der Waals surface area (Å²) in [5.41, 5.74) is 2.89. The average molecular weight is 418 g/mol. The number of cyclic esters (lactones) is 1. The summed E-state index contributed by atoms with van der Waals surface area (Å²) in [6.45, 7) is 4.98. The highest BCUT2D eigenvalue weighted by molar-refractivity contribution is 7.86. The minimum absolute atomic E-state index is 0.0462. The molecule has 0 aliphatic carbocycles. The van der Waals surface area contributed by atoms with E-state index >= 15 is 0 Å². The molecule has 1 aliphatic rings. The highest BCUT2D eigenvalue weighted by atomic mass is 32.2. The fourth-order valence-electron chi connectivity index (χ4n) is 3.05. The van der Waals surface area contributed by atoms with E-state index in [-0.39, 0.29) is 18.0 Å². The fourth-order valence-corrected chi connectivity index (χ4v) is 3.91. The van der Waals surface area contributed by atoms with Crippen LogP contribution in [0.1, 0.15) is 16.7 Å². The summed E-state index contributed by atoms with van der Waals surface area (Å²) >= 11 is 0. The Balaban J connectivity index is 1.87. The summed E-state index contributed by atoms with van der Waals surface area (Å²) in [7, 11) is -4.13. The van der Waals surface area contributed by atoms with Crippen LogP contribution in [0.25, 0.3) is 0 Å². The van der Waals surface area contributed by atoms with Gasteiger partial charge < -0.3 is 4.74 Å². The third-order valence-electron chi connectivity index (χ3n) is 4.52. The van der Waals surface area contributed by atoms with Crippen LogP contribution in [-0.4, -0.2) is 45.2 Å². The van der Waals surface area contributed by atoms with E-state index in [1.807, 2.05) is 13.0 Å². The van der Waals surface area contributed by atoms with E-state index in [4.69, 9.17) is 8.92 Å². The Kier molecular flexibility index (Phi) is 5.90. The van der Waals surface area contributed by atoms with Crippen LogP contribution in [-0.2, 0) is 23.8 Å². The van der Waals surface area contributed by atoms with Gasteiger partial charge in [0.25, 0.3) is 16.0 Å². The van der Waals surface area contributed by atoms with Gasteiger partial charge >= 0.3 is 6.09 Å². The molecular weight excluding hydrogens is 396 g/mol. The monoisotopic (exact) mass is 418 g/mol. The van der Waals surface area contributed by atoms with Crippen molar-refractivity contribution in [1.29, 1.82) is 0 Å². The summed E-state index contributed by atoms with van der Waals surface area (Å²) in [4.78, 5) is 25.1. The van der Waals surface area contributed by atoms with E-state index in [0.29, 0.717) is 5.69 Å². The Labute approximate surface area is 169 Å². The molecule has 0 spiro atoms. The first-order valence-electron chi connectivity index (χ1n) is 9.00. The summed E-state index contributed by atoms with van der Waals surface area (Å²) in [5, 5.41) is 2.30. The van der Waals surface area contributed by atoms with Crippen LogP contribution in [0.3, 0.4) is 0 Å². The van der Waals surface area contributed by atoms with E-state index in [1.54, 1.807) is 38.1 Å². The average Bonchev–Trinajstić information content (AvgIpc) is 3.09. The maximum atomic E-state index is 13.0. The second-order valence-corrected chi connectivity index (χ2v) is 8.33. The molecule has 0 aromatic heterocycles. The zero-order valence-corrected chi connectivity index (χ0v) is 17.2. The second-order valence-electron chi connectivity index (χ2n) is 6.71. The number of benzene rings is 2. The number of carbonyl (C=O) groups is 2. The Bertz CT molecular complexity index is 1010. The number of nitrogens with zero attached hydrogens (tertiary/aromatic N) is 2. The van der Waals surface area contributed by atoms with Gasteiger partial charge in [-0.2, -0.15) is 8.42 Å². The van der Waals surface area contributed by atoms with Crippen molar-refractivity contribution in [3.05, 3.63) is 59.2 Å². The summed E-state index contributed by atoms with van der Waals surface area (Å²) in [5.74, 6) is -0.697. The molecule has 1 saturated heterocycles. The smallest absolute Gasteiger partial charge is 0.429 e. The third-order valence-corrected chi connectivity index (χ3v) is 5.79. The standard InChI is InChI=1S/C20H22N2O6S/c1-14-7-9-17(10-8-14)29(25,26)28-13-18(23)22(21-11-12-27-20(21)24)19-15(2)5-4-6-16(19)3/h4-10H,11-13H2,1-3H3. The molecular formula is C20H22N2O6S. The molecule has 0 radical (unpaired) electrons. The van der Waals surface area contributed by atoms with Gasteiger partial charge in [-0.3, -0.25) is 8.98 Å². The lowest BCUT2D eigenvalue weighted by Gasteiger charge is -2.31. The van der Waals surface area contributed by atoms with E-state index in [1.165, 1.54) is 12.1 Å². The first-order valence-corrected chi connectivity index (χ1v) is 10.4. The van der Waals surface area contributed by atoms with Gasteiger partial charge in [-0.05, 0) is 44.0 Å². The quantitative estimate of drug-likeness (QED) is 0.670. The minimum Gasteiger partial charge on any atom is -0.446 e. The number of anilines is 1. The van der Waals surface area contributed by atoms with Crippen molar-refractivity contribution in [2.45, 2.75) is 25.7 Å². The number of rotatable bonds is 6. The molecule has 0 unspecified atom stereocenters. The predicted molar refractivity (Wildman–Crippen MR) is 106 cm³/mol. The molecule has 0 saturated carbocycles. The number of hydrazine groups is 1. The van der Waals surface area contributed by atoms with Crippen molar-refractivity contribution in [1.82, 2.24) is 5.01 Å². The van der Waals surface area contributed by atoms with Crippen molar-refractivity contribution in [2.75, 3.05) is 24.8 Å². The van der Waals surface area contributed by atoms with Crippen molar-refractivity contribution < 1.29 is 26.9 Å². The lowest BCUT2D eigenvalue weighted by atomic mass is 10.1. The van der Waals surface area contributed by atoms with Crippen molar-refractivity contribution in [2.24, 2.45) is 0 Å². The molecule has 1 aliphatic heterocycles. The van der Waals surface area contributed by atoms with Crippen LogP contribution >= 0.6 is 0 Å². The van der Waals surface area contributed by atoms with E-state index in [9.17, 15) is 18.0 Å². The molecule has 9 heteroatoms. The van der Waals surface area contributed by atoms with Crippen molar-refractivity contribution in [3.63, 3.8) is 0 Å². The van der Waals surface area contributed by atoms with Gasteiger partial charge in [0, 0.05) is 0 Å². The molecule has 2 amide bonds. The van der Waals surface area contributed by atoms with Crippen LogP contribution < -0.4 is 5.01 Å². The van der Waals surface area contributed by atoms with Crippen LogP contribution in [0.15, 0.2) is 47.4 Å². The van der Waals surface area contributed by atoms with Crippen LogP contribution in [0.4, 0.5) is 10.5 Å². The Hall–Kier alpha value is -2.91. The SMILES string of the molecule is Cc1ccc(S(=O)(=O)OCC(=O)N(c2c(C)cccc2C)N2CCOC2=O)cc1. The van der Waals surface area contributed by atoms with Crippen LogP contribution in [0.2, 0.25) is 0 Å². The molecule has 2 aromatic carbocycles. The van der Waals surface area contributed by atoms with Gasteiger partial charge in [0.05, 0.1) is 17.1 Å². The lowest BCUT2D eigenvalue weighted by molar-refractivity contribution is -0.122. The van der Waals surface area contributed by atoms with E-state index in [0.717, 1.165) is 26.7 Å². The highest BCUT2D eigenvalue weighted by Crippen LogP contribution is 2.28. The van der Waals surface area contributed by atoms with E-state index in [2.05, 4.69) is 0 Å². The lowest BCUT2D eigenvalue weighted by Crippen LogP contribution is -2.49. The number of amides is 2. The number of hydrogen-bond acceptors (Lipinski definition) is 6. The van der Waals surface area contributed by atoms with Gasteiger partial charge in [0.15, 0.2) is 0 Å². The van der Waals surface area contributed by atoms with Gasteiger partial charge in [0.2, 0.25) is 0 Å². The Morgan fingerprint density at radius 3 is 2.28 bits per heavy atom. The molecule has 0 N–H and O–H groups in total. The van der Waals surface area contributed by atoms with E-state index < -0.39 is 28.7 Å². The van der Waals surface area contributed by atoms with Crippen molar-refractivity contribution in [3.8, 4) is 0 Å². The minimum atomic E-state index is -4.13. The predicted octanol–water partition coefficient (Wildman–Crippen LogP) is 2.72. The maximum Gasteiger partial charge on any atom is 0.429 e. The van der Waals surface area contributed by atoms with Gasteiger partial charge in [-0.15, -0.1) is 0 Å². The molecule has 0 bridgehead atoms. The van der Waals surface area contributed by atoms with Gasteiger partial charge in [-0.25, -0.2) is 14.8 Å². The Morgan fingerprint density at radius 1 is 1.10 bits per heavy atom. The first kappa shape index (κ1) is 20.8. The molecule has 1 heterocycles. The zero-order valence-electron chi connectivity index (χ0n) is 16.4. The number of para-hydroxylation sites is 1. The maximum absolute atomic E-state index is 13.0. The first-order chi connectivity index (χ1) is 13.7. The molecule has 0 atom stereocenters. The number of ether oxygens (including phenoxy) is 1. The van der Waals surface area contributed by atoms with Crippen molar-refractivity contribution >= 4 is 27.8 Å². The van der Waals surface area contributed by atoms with Gasteiger partial charge in [0.1, 0.15) is 13.2 Å². The zero-order chi connectivity index (χ0) is 21.2. The molecule has 8 nitrogen and oxygen atoms in total. The second kappa shape index (κ2) is 8.22. The highest BCUT2D eigenvalue weighted by Gasteiger charge is 2.35. The Morgan fingerprint density at radius 2 is 1.72 bits per heavy atom. The largest absolute Gasteiger partial charge is 0.446 e. The molecule has 2 aromatic rings. The molecule has 3 rings (SSSR count). The van der Waals surface area contributed by atoms with Crippen LogP contribution in [0.5, 0.6) is 0 Å². The fraction of sp³-hybridized carbons (Fsp3) is 0.300. The number of aryl methyl sites for hydroxylation is 3. The molecule has 1 fully saturated rings. The topological polar surface area (TPSA) is 93.2 Å². The summed E-state index contributed by atoms with van der Waals surface area (Å²) in [6, 6.07) is 11.5. The third kappa shape index (κ3) is 4.41. The van der Waals surface area contributed by atoms with Gasteiger partial charge in [-0.1, -0.05) is 35.9 Å². The van der Waals surface area contributed by atoms with Crippen LogP contribution in [0, 0.1) is 20.8 Å². The number of hydrogen-bond donors (Lipinski definition) is 0. The number of carbonyl (C=O) groups excluding carboxylic acids is 2. The normalized spacial score (nSPS) is 14.0. The molecule has 29 heavy (non-hydrogen) atoms. The summed E-state index contributed by atoms with van der Waals surface area (Å²) < 4.78 is 34.8. The molecule has 154 valence electrons.